The predicted octanol–water partition coefficient (Wildman–Crippen LogP) is 3.37. The van der Waals surface area contributed by atoms with Crippen molar-refractivity contribution in [2.75, 3.05) is 18.0 Å². The van der Waals surface area contributed by atoms with Crippen LogP contribution in [0.3, 0.4) is 0 Å². The first-order chi connectivity index (χ1) is 15.7. The van der Waals surface area contributed by atoms with Crippen LogP contribution in [0.15, 0.2) is 47.5 Å². The zero-order valence-electron chi connectivity index (χ0n) is 18.1. The maximum Gasteiger partial charge on any atom is 0.266 e. The van der Waals surface area contributed by atoms with Crippen LogP contribution >= 0.6 is 0 Å². The Morgan fingerprint density at radius 2 is 1.84 bits per heavy atom. The number of nitriles is 1. The summed E-state index contributed by atoms with van der Waals surface area (Å²) in [5.41, 5.74) is 4.75. The van der Waals surface area contributed by atoms with E-state index in [4.69, 9.17) is 4.98 Å². The highest BCUT2D eigenvalue weighted by Gasteiger charge is 2.25. The first-order valence-corrected chi connectivity index (χ1v) is 11.4. The number of aryl methyl sites for hydroxylation is 2. The molecule has 4 heterocycles. The fourth-order valence-corrected chi connectivity index (χ4v) is 4.77. The number of hydrogen-bond donors (Lipinski definition) is 0. The van der Waals surface area contributed by atoms with Crippen LogP contribution in [0.1, 0.15) is 42.5 Å². The van der Waals surface area contributed by atoms with E-state index in [-0.39, 0.29) is 5.56 Å². The lowest BCUT2D eigenvalue weighted by Crippen LogP contribution is -2.38. The second-order valence-corrected chi connectivity index (χ2v) is 8.69. The quantitative estimate of drug-likeness (QED) is 0.636. The number of fused-ring (bicyclic) bond motifs is 1. The average Bonchev–Trinajstić information content (AvgIpc) is 2.85. The van der Waals surface area contributed by atoms with Crippen molar-refractivity contribution in [3.8, 4) is 17.3 Å². The molecule has 162 valence electrons. The third kappa shape index (κ3) is 4.13. The van der Waals surface area contributed by atoms with E-state index in [0.29, 0.717) is 18.0 Å². The molecule has 0 saturated carbocycles. The zero-order valence-corrected chi connectivity index (χ0v) is 18.1. The van der Waals surface area contributed by atoms with Crippen LogP contribution in [0.2, 0.25) is 0 Å². The van der Waals surface area contributed by atoms with Gasteiger partial charge in [-0.2, -0.15) is 10.4 Å². The third-order valence-corrected chi connectivity index (χ3v) is 6.59. The monoisotopic (exact) mass is 426 g/mol. The summed E-state index contributed by atoms with van der Waals surface area (Å²) in [6.07, 6.45) is 9.73. The molecule has 2 aliphatic rings. The van der Waals surface area contributed by atoms with Gasteiger partial charge in [-0.15, -0.1) is 0 Å². The Hall–Kier alpha value is -3.53. The summed E-state index contributed by atoms with van der Waals surface area (Å²) >= 11 is 0. The van der Waals surface area contributed by atoms with Crippen molar-refractivity contribution >= 4 is 5.82 Å². The van der Waals surface area contributed by atoms with Crippen molar-refractivity contribution in [2.45, 2.75) is 45.1 Å². The van der Waals surface area contributed by atoms with Gasteiger partial charge in [-0.25, -0.2) is 9.67 Å². The maximum absolute atomic E-state index is 12.4. The van der Waals surface area contributed by atoms with Crippen molar-refractivity contribution in [3.05, 3.63) is 69.9 Å². The number of nitrogens with zero attached hydrogens (tertiary/aromatic N) is 6. The van der Waals surface area contributed by atoms with E-state index in [9.17, 15) is 10.1 Å². The highest BCUT2D eigenvalue weighted by Crippen LogP contribution is 2.29. The first-order valence-electron chi connectivity index (χ1n) is 11.4. The molecular formula is C25H26N6O. The minimum atomic E-state index is -0.0756. The molecule has 7 heteroatoms. The van der Waals surface area contributed by atoms with Crippen LogP contribution in [-0.2, 0) is 19.4 Å². The van der Waals surface area contributed by atoms with Crippen molar-refractivity contribution in [1.29, 1.82) is 5.26 Å². The lowest BCUT2D eigenvalue weighted by molar-refractivity contribution is 0.335. The van der Waals surface area contributed by atoms with Gasteiger partial charge in [0, 0.05) is 49.4 Å². The molecule has 1 fully saturated rings. The molecule has 0 N–H and O–H groups in total. The molecule has 1 aliphatic heterocycles. The minimum absolute atomic E-state index is 0.0756. The normalized spacial score (nSPS) is 16.4. The van der Waals surface area contributed by atoms with Gasteiger partial charge in [-0.1, -0.05) is 0 Å². The molecule has 0 spiro atoms. The van der Waals surface area contributed by atoms with Gasteiger partial charge in [0.05, 0.1) is 11.3 Å². The zero-order chi connectivity index (χ0) is 21.9. The summed E-state index contributed by atoms with van der Waals surface area (Å²) in [6.45, 7) is 2.28. The lowest BCUT2D eigenvalue weighted by atomic mass is 9.93. The second kappa shape index (κ2) is 8.91. The van der Waals surface area contributed by atoms with Crippen LogP contribution in [0.4, 0.5) is 5.82 Å². The Morgan fingerprint density at radius 3 is 2.62 bits per heavy atom. The van der Waals surface area contributed by atoms with E-state index in [1.165, 1.54) is 18.4 Å². The summed E-state index contributed by atoms with van der Waals surface area (Å²) in [5.74, 6) is 1.20. The molecule has 3 aromatic rings. The van der Waals surface area contributed by atoms with Crippen LogP contribution in [0, 0.1) is 17.2 Å². The molecule has 1 saturated heterocycles. The summed E-state index contributed by atoms with van der Waals surface area (Å²) in [7, 11) is 0. The van der Waals surface area contributed by atoms with Crippen LogP contribution in [0.5, 0.6) is 0 Å². The van der Waals surface area contributed by atoms with E-state index in [0.717, 1.165) is 61.5 Å². The van der Waals surface area contributed by atoms with Gasteiger partial charge in [0.2, 0.25) is 0 Å². The summed E-state index contributed by atoms with van der Waals surface area (Å²) in [4.78, 5) is 23.6. The van der Waals surface area contributed by atoms with Gasteiger partial charge < -0.3 is 4.90 Å². The van der Waals surface area contributed by atoms with Crippen LogP contribution in [0.25, 0.3) is 11.3 Å². The largest absolute Gasteiger partial charge is 0.355 e. The maximum atomic E-state index is 12.4. The standard InChI is InChI=1S/C25H26N6O/c26-16-21-15-20-3-1-2-4-22(20)28-25(21)30-13-9-18(10-14-30)17-31-24(32)6-5-23(29-31)19-7-11-27-12-8-19/h5-8,11-12,15,18H,1-4,9-10,13-14,17H2. The van der Waals surface area contributed by atoms with Crippen LogP contribution in [-0.4, -0.2) is 32.8 Å². The summed E-state index contributed by atoms with van der Waals surface area (Å²) < 4.78 is 1.59. The van der Waals surface area contributed by atoms with Gasteiger partial charge in [-0.05, 0) is 74.3 Å². The Bertz CT molecular complexity index is 1210. The molecule has 0 amide bonds. The molecule has 0 radical (unpaired) electrons. The van der Waals surface area contributed by atoms with Gasteiger partial charge in [0.1, 0.15) is 11.9 Å². The van der Waals surface area contributed by atoms with E-state index in [1.54, 1.807) is 29.2 Å². The lowest BCUT2D eigenvalue weighted by Gasteiger charge is -2.34. The van der Waals surface area contributed by atoms with Gasteiger partial charge in [0.25, 0.3) is 5.56 Å². The molecule has 0 aromatic carbocycles. The van der Waals surface area contributed by atoms with E-state index < -0.39 is 0 Å². The Balaban J connectivity index is 1.29. The molecule has 1 aliphatic carbocycles. The SMILES string of the molecule is N#Cc1cc2c(nc1N1CCC(Cn3nc(-c4ccncc4)ccc3=O)CC1)CCCC2. The summed E-state index contributed by atoms with van der Waals surface area (Å²) in [6, 6.07) is 11.6. The van der Waals surface area contributed by atoms with Crippen molar-refractivity contribution in [1.82, 2.24) is 19.7 Å². The molecule has 5 rings (SSSR count). The smallest absolute Gasteiger partial charge is 0.266 e. The molecule has 3 aromatic heterocycles. The molecule has 0 atom stereocenters. The molecule has 0 bridgehead atoms. The first kappa shape index (κ1) is 20.4. The summed E-state index contributed by atoms with van der Waals surface area (Å²) in [5, 5.41) is 14.3. The van der Waals surface area contributed by atoms with Crippen LogP contribution < -0.4 is 10.5 Å². The van der Waals surface area contributed by atoms with E-state index in [2.05, 4.69) is 27.1 Å². The number of piperidine rings is 1. The van der Waals surface area contributed by atoms with Gasteiger partial charge >= 0.3 is 0 Å². The number of rotatable bonds is 4. The third-order valence-electron chi connectivity index (χ3n) is 6.59. The molecule has 0 unspecified atom stereocenters. The highest BCUT2D eigenvalue weighted by atomic mass is 16.1. The molecular weight excluding hydrogens is 400 g/mol. The average molecular weight is 427 g/mol. The fraction of sp³-hybridized carbons (Fsp3) is 0.400. The Morgan fingerprint density at radius 1 is 1.06 bits per heavy atom. The topological polar surface area (TPSA) is 87.7 Å². The number of hydrogen-bond acceptors (Lipinski definition) is 6. The minimum Gasteiger partial charge on any atom is -0.355 e. The van der Waals surface area contributed by atoms with Crippen molar-refractivity contribution in [2.24, 2.45) is 5.92 Å². The van der Waals surface area contributed by atoms with E-state index >= 15 is 0 Å². The number of aromatic nitrogens is 4. The Kier molecular flexibility index (Phi) is 5.68. The van der Waals surface area contributed by atoms with Gasteiger partial charge in [-0.3, -0.25) is 9.78 Å². The number of pyridine rings is 2. The van der Waals surface area contributed by atoms with Crippen molar-refractivity contribution in [3.63, 3.8) is 0 Å². The van der Waals surface area contributed by atoms with E-state index in [1.807, 2.05) is 12.1 Å². The predicted molar refractivity (Wildman–Crippen MR) is 122 cm³/mol. The van der Waals surface area contributed by atoms with Crippen molar-refractivity contribution < 1.29 is 0 Å². The second-order valence-electron chi connectivity index (χ2n) is 8.69. The number of anilines is 1. The molecule has 7 nitrogen and oxygen atoms in total. The van der Waals surface area contributed by atoms with Gasteiger partial charge in [0.15, 0.2) is 0 Å². The Labute approximate surface area is 187 Å². The highest BCUT2D eigenvalue weighted by molar-refractivity contribution is 5.57. The molecule has 32 heavy (non-hydrogen) atoms. The fourth-order valence-electron chi connectivity index (χ4n) is 4.77.